The summed E-state index contributed by atoms with van der Waals surface area (Å²) in [5.74, 6) is 2.41. The predicted molar refractivity (Wildman–Crippen MR) is 120 cm³/mol. The number of rotatable bonds is 7. The highest BCUT2D eigenvalue weighted by Gasteiger charge is 2.19. The minimum atomic E-state index is 0.676. The molecule has 0 aliphatic carbocycles. The molecule has 0 bridgehead atoms. The maximum atomic E-state index is 5.93. The van der Waals surface area contributed by atoms with Gasteiger partial charge in [0.05, 0.1) is 12.8 Å². The van der Waals surface area contributed by atoms with Crippen molar-refractivity contribution in [2.45, 2.75) is 13.5 Å². The van der Waals surface area contributed by atoms with Gasteiger partial charge in [-0.05, 0) is 36.8 Å². The number of ether oxygens (including phenoxy) is 1. The zero-order valence-corrected chi connectivity index (χ0v) is 17.8. The fourth-order valence-corrected chi connectivity index (χ4v) is 3.68. The van der Waals surface area contributed by atoms with Crippen LogP contribution in [-0.4, -0.2) is 54.6 Å². The summed E-state index contributed by atoms with van der Waals surface area (Å²) in [6.07, 6.45) is 4.46. The molecule has 5 heteroatoms. The van der Waals surface area contributed by atoms with Crippen LogP contribution in [0.4, 0.5) is 0 Å². The van der Waals surface area contributed by atoms with Gasteiger partial charge in [-0.15, -0.1) is 0 Å². The second-order valence-corrected chi connectivity index (χ2v) is 7.64. The molecule has 0 atom stereocenters. The van der Waals surface area contributed by atoms with Crippen LogP contribution in [0.25, 0.3) is 17.5 Å². The van der Waals surface area contributed by atoms with E-state index in [1.165, 1.54) is 5.56 Å². The quantitative estimate of drug-likeness (QED) is 0.581. The smallest absolute Gasteiger partial charge is 0.226 e. The minimum absolute atomic E-state index is 0.676. The van der Waals surface area contributed by atoms with Gasteiger partial charge in [-0.1, -0.05) is 42.5 Å². The summed E-state index contributed by atoms with van der Waals surface area (Å²) in [5, 5.41) is 0. The zero-order chi connectivity index (χ0) is 20.8. The molecule has 1 fully saturated rings. The Kier molecular flexibility index (Phi) is 6.62. The Bertz CT molecular complexity index is 956. The standard InChI is InChI=1S/C25H29N3O2/c1-20-24(26-25(30-20)22-10-12-23(29-2)13-11-22)19-28-17-15-27(16-18-28)14-6-9-21-7-4-3-5-8-21/h3-13H,14-19H2,1-2H3/b9-6+. The molecule has 1 saturated heterocycles. The van der Waals surface area contributed by atoms with Crippen molar-refractivity contribution < 1.29 is 9.15 Å². The monoisotopic (exact) mass is 403 g/mol. The molecule has 2 heterocycles. The summed E-state index contributed by atoms with van der Waals surface area (Å²) in [6.45, 7) is 8.06. The first-order valence-corrected chi connectivity index (χ1v) is 10.5. The third-order valence-electron chi connectivity index (χ3n) is 5.54. The predicted octanol–water partition coefficient (Wildman–Crippen LogP) is 4.49. The number of aryl methyl sites for hydroxylation is 1. The van der Waals surface area contributed by atoms with Crippen LogP contribution in [0.15, 0.2) is 65.1 Å². The van der Waals surface area contributed by atoms with Gasteiger partial charge in [0, 0.05) is 44.8 Å². The van der Waals surface area contributed by atoms with Crippen LogP contribution < -0.4 is 4.74 Å². The summed E-state index contributed by atoms with van der Waals surface area (Å²) in [4.78, 5) is 9.71. The summed E-state index contributed by atoms with van der Waals surface area (Å²) in [7, 11) is 1.67. The third kappa shape index (κ3) is 5.17. The van der Waals surface area contributed by atoms with E-state index in [9.17, 15) is 0 Å². The fraction of sp³-hybridized carbons (Fsp3) is 0.320. The van der Waals surface area contributed by atoms with Gasteiger partial charge in [0.15, 0.2) is 0 Å². The Hall–Kier alpha value is -2.89. The van der Waals surface area contributed by atoms with Crippen LogP contribution in [0, 0.1) is 6.92 Å². The summed E-state index contributed by atoms with van der Waals surface area (Å²) < 4.78 is 11.2. The highest BCUT2D eigenvalue weighted by atomic mass is 16.5. The first-order chi connectivity index (χ1) is 14.7. The molecule has 0 amide bonds. The van der Waals surface area contributed by atoms with E-state index in [-0.39, 0.29) is 0 Å². The lowest BCUT2D eigenvalue weighted by Gasteiger charge is -2.33. The van der Waals surface area contributed by atoms with E-state index >= 15 is 0 Å². The molecular formula is C25H29N3O2. The lowest BCUT2D eigenvalue weighted by molar-refractivity contribution is 0.135. The van der Waals surface area contributed by atoms with Gasteiger partial charge < -0.3 is 9.15 Å². The number of hydrogen-bond acceptors (Lipinski definition) is 5. The molecule has 0 radical (unpaired) electrons. The number of piperazine rings is 1. The molecule has 2 aromatic carbocycles. The summed E-state index contributed by atoms with van der Waals surface area (Å²) in [6, 6.07) is 18.3. The lowest BCUT2D eigenvalue weighted by Crippen LogP contribution is -2.45. The Morgan fingerprint density at radius 3 is 2.37 bits per heavy atom. The van der Waals surface area contributed by atoms with Crippen LogP contribution in [0.3, 0.4) is 0 Å². The number of oxazole rings is 1. The van der Waals surface area contributed by atoms with Crippen LogP contribution >= 0.6 is 0 Å². The van der Waals surface area contributed by atoms with Crippen LogP contribution in [-0.2, 0) is 6.54 Å². The van der Waals surface area contributed by atoms with E-state index in [1.54, 1.807) is 7.11 Å². The third-order valence-corrected chi connectivity index (χ3v) is 5.54. The molecule has 0 unspecified atom stereocenters. The second kappa shape index (κ2) is 9.74. The maximum Gasteiger partial charge on any atom is 0.226 e. The molecule has 1 aromatic heterocycles. The maximum absolute atomic E-state index is 5.93. The van der Waals surface area contributed by atoms with E-state index in [0.717, 1.165) is 62.0 Å². The first kappa shape index (κ1) is 20.4. The van der Waals surface area contributed by atoms with Gasteiger partial charge in [-0.3, -0.25) is 9.80 Å². The second-order valence-electron chi connectivity index (χ2n) is 7.64. The number of aromatic nitrogens is 1. The molecule has 1 aliphatic rings. The molecule has 1 aliphatic heterocycles. The average molecular weight is 404 g/mol. The van der Waals surface area contributed by atoms with Gasteiger partial charge in [-0.2, -0.15) is 0 Å². The van der Waals surface area contributed by atoms with Gasteiger partial charge in [-0.25, -0.2) is 4.98 Å². The molecule has 5 nitrogen and oxygen atoms in total. The Balaban J connectivity index is 1.28. The Morgan fingerprint density at radius 1 is 0.967 bits per heavy atom. The SMILES string of the molecule is COc1ccc(-c2nc(CN3CCN(C/C=C/c4ccccc4)CC3)c(C)o2)cc1. The molecule has 3 aromatic rings. The van der Waals surface area contributed by atoms with Gasteiger partial charge in [0.2, 0.25) is 5.89 Å². The summed E-state index contributed by atoms with van der Waals surface area (Å²) in [5.41, 5.74) is 3.25. The van der Waals surface area contributed by atoms with E-state index in [1.807, 2.05) is 37.3 Å². The van der Waals surface area contributed by atoms with Crippen molar-refractivity contribution in [1.29, 1.82) is 0 Å². The topological polar surface area (TPSA) is 41.7 Å². The number of benzene rings is 2. The highest BCUT2D eigenvalue weighted by Crippen LogP contribution is 2.24. The van der Waals surface area contributed by atoms with Gasteiger partial charge in [0.1, 0.15) is 11.5 Å². The minimum Gasteiger partial charge on any atom is -0.497 e. The Labute approximate surface area is 178 Å². The first-order valence-electron chi connectivity index (χ1n) is 10.5. The van der Waals surface area contributed by atoms with E-state index in [0.29, 0.717) is 5.89 Å². The molecule has 4 rings (SSSR count). The van der Waals surface area contributed by atoms with E-state index in [2.05, 4.69) is 46.2 Å². The molecule has 0 saturated carbocycles. The van der Waals surface area contributed by atoms with Crippen molar-refractivity contribution in [3.8, 4) is 17.2 Å². The van der Waals surface area contributed by atoms with Crippen molar-refractivity contribution in [2.75, 3.05) is 39.8 Å². The van der Waals surface area contributed by atoms with E-state index < -0.39 is 0 Å². The van der Waals surface area contributed by atoms with Crippen molar-refractivity contribution in [3.05, 3.63) is 77.7 Å². The number of methoxy groups -OCH3 is 1. The molecule has 0 N–H and O–H groups in total. The normalized spacial score (nSPS) is 15.7. The van der Waals surface area contributed by atoms with Crippen LogP contribution in [0.1, 0.15) is 17.0 Å². The highest BCUT2D eigenvalue weighted by molar-refractivity contribution is 5.55. The van der Waals surface area contributed by atoms with Gasteiger partial charge >= 0.3 is 0 Å². The molecule has 0 spiro atoms. The number of hydrogen-bond donors (Lipinski definition) is 0. The molecule has 156 valence electrons. The van der Waals surface area contributed by atoms with Crippen LogP contribution in [0.2, 0.25) is 0 Å². The molecule has 30 heavy (non-hydrogen) atoms. The van der Waals surface area contributed by atoms with Crippen LogP contribution in [0.5, 0.6) is 5.75 Å². The fourth-order valence-electron chi connectivity index (χ4n) is 3.68. The lowest BCUT2D eigenvalue weighted by atomic mass is 10.2. The van der Waals surface area contributed by atoms with Crippen molar-refractivity contribution in [3.63, 3.8) is 0 Å². The average Bonchev–Trinajstić information content (AvgIpc) is 3.16. The van der Waals surface area contributed by atoms with E-state index in [4.69, 9.17) is 14.1 Å². The van der Waals surface area contributed by atoms with Gasteiger partial charge in [0.25, 0.3) is 0 Å². The summed E-state index contributed by atoms with van der Waals surface area (Å²) >= 11 is 0. The van der Waals surface area contributed by atoms with Crippen molar-refractivity contribution in [2.24, 2.45) is 0 Å². The number of nitrogens with zero attached hydrogens (tertiary/aromatic N) is 3. The largest absolute Gasteiger partial charge is 0.497 e. The van der Waals surface area contributed by atoms with Crippen molar-refractivity contribution in [1.82, 2.24) is 14.8 Å². The van der Waals surface area contributed by atoms with Crippen molar-refractivity contribution >= 4 is 6.08 Å². The Morgan fingerprint density at radius 2 is 1.67 bits per heavy atom. The molecular weight excluding hydrogens is 374 g/mol. The zero-order valence-electron chi connectivity index (χ0n) is 17.8.